The summed E-state index contributed by atoms with van der Waals surface area (Å²) in [4.78, 5) is 11.0. The van der Waals surface area contributed by atoms with Crippen LogP contribution < -0.4 is 0 Å². The third-order valence-corrected chi connectivity index (χ3v) is 10.9. The Morgan fingerprint density at radius 2 is 1.02 bits per heavy atom. The lowest BCUT2D eigenvalue weighted by molar-refractivity contribution is 0.660. The third kappa shape index (κ3) is 3.18. The summed E-state index contributed by atoms with van der Waals surface area (Å²) < 4.78 is 2.39. The third-order valence-electron chi connectivity index (χ3n) is 10.9. The molecule has 0 bridgehead atoms. The zero-order valence-electron chi connectivity index (χ0n) is 26.6. The van der Waals surface area contributed by atoms with Crippen molar-refractivity contribution in [1.82, 2.24) is 14.5 Å². The second kappa shape index (κ2) is 9.05. The van der Waals surface area contributed by atoms with Crippen LogP contribution in [-0.4, -0.2) is 14.5 Å². The van der Waals surface area contributed by atoms with Crippen molar-refractivity contribution < 1.29 is 0 Å². The molecule has 7 aromatic carbocycles. The first kappa shape index (κ1) is 26.1. The van der Waals surface area contributed by atoms with Crippen molar-refractivity contribution in [2.75, 3.05) is 0 Å². The van der Waals surface area contributed by atoms with Gasteiger partial charge in [-0.25, -0.2) is 9.97 Å². The van der Waals surface area contributed by atoms with Crippen LogP contribution in [-0.2, 0) is 5.41 Å². The summed E-state index contributed by atoms with van der Waals surface area (Å²) >= 11 is 0. The lowest BCUT2D eigenvalue weighted by Crippen LogP contribution is -2.14. The molecule has 3 heteroatoms. The molecule has 2 heterocycles. The molecule has 0 unspecified atom stereocenters. The van der Waals surface area contributed by atoms with Crippen molar-refractivity contribution in [2.45, 2.75) is 19.3 Å². The van der Waals surface area contributed by atoms with Crippen LogP contribution in [0.15, 0.2) is 140 Å². The quantitative estimate of drug-likeness (QED) is 0.195. The van der Waals surface area contributed by atoms with Gasteiger partial charge in [0.25, 0.3) is 0 Å². The van der Waals surface area contributed by atoms with E-state index in [1.54, 1.807) is 0 Å². The van der Waals surface area contributed by atoms with E-state index >= 15 is 0 Å². The van der Waals surface area contributed by atoms with Crippen LogP contribution in [0, 0.1) is 0 Å². The van der Waals surface area contributed by atoms with Gasteiger partial charge in [-0.1, -0.05) is 129 Å². The molecular weight excluding hydrogens is 583 g/mol. The molecule has 0 aliphatic heterocycles. The molecule has 0 saturated carbocycles. The first-order valence-electron chi connectivity index (χ1n) is 16.7. The van der Waals surface area contributed by atoms with Crippen LogP contribution >= 0.6 is 0 Å². The minimum absolute atomic E-state index is 0.117. The van der Waals surface area contributed by atoms with E-state index in [2.05, 4.69) is 158 Å². The van der Waals surface area contributed by atoms with Gasteiger partial charge in [0.05, 0.1) is 22.1 Å². The summed E-state index contributed by atoms with van der Waals surface area (Å²) in [5, 5.41) is 5.08. The summed E-state index contributed by atoms with van der Waals surface area (Å²) in [6.07, 6.45) is 0. The Bertz CT molecular complexity index is 2870. The van der Waals surface area contributed by atoms with Crippen LogP contribution in [0.1, 0.15) is 25.0 Å². The highest BCUT2D eigenvalue weighted by atomic mass is 15.1. The predicted octanol–water partition coefficient (Wildman–Crippen LogP) is 11.5. The fraction of sp³-hybridized carbons (Fsp3) is 0.0667. The minimum Gasteiger partial charge on any atom is -0.292 e. The Hall–Kier alpha value is -6.06. The topological polar surface area (TPSA) is 30.7 Å². The van der Waals surface area contributed by atoms with Crippen LogP contribution in [0.3, 0.4) is 0 Å². The van der Waals surface area contributed by atoms with Gasteiger partial charge >= 0.3 is 0 Å². The smallest absolute Gasteiger partial charge is 0.165 e. The van der Waals surface area contributed by atoms with Gasteiger partial charge < -0.3 is 0 Å². The van der Waals surface area contributed by atoms with Gasteiger partial charge in [-0.05, 0) is 79.5 Å². The molecule has 0 radical (unpaired) electrons. The lowest BCUT2D eigenvalue weighted by atomic mass is 9.82. The predicted molar refractivity (Wildman–Crippen MR) is 199 cm³/mol. The van der Waals surface area contributed by atoms with E-state index in [9.17, 15) is 0 Å². The average molecular weight is 612 g/mol. The number of hydrogen-bond donors (Lipinski definition) is 0. The van der Waals surface area contributed by atoms with E-state index in [4.69, 9.17) is 9.97 Å². The van der Waals surface area contributed by atoms with E-state index in [0.29, 0.717) is 0 Å². The molecule has 2 aliphatic rings. The van der Waals surface area contributed by atoms with Gasteiger partial charge in [-0.3, -0.25) is 4.57 Å². The van der Waals surface area contributed by atoms with Crippen molar-refractivity contribution in [3.63, 3.8) is 0 Å². The number of rotatable bonds is 2. The van der Waals surface area contributed by atoms with Gasteiger partial charge in [0, 0.05) is 21.8 Å². The number of fused-ring (bicyclic) bond motifs is 7. The zero-order valence-corrected chi connectivity index (χ0v) is 26.6. The second-order valence-corrected chi connectivity index (χ2v) is 13.7. The maximum absolute atomic E-state index is 5.51. The van der Waals surface area contributed by atoms with E-state index in [1.807, 2.05) is 0 Å². The van der Waals surface area contributed by atoms with Crippen molar-refractivity contribution >= 4 is 43.6 Å². The molecule has 3 nitrogen and oxygen atoms in total. The Morgan fingerprint density at radius 1 is 0.438 bits per heavy atom. The molecule has 224 valence electrons. The van der Waals surface area contributed by atoms with Crippen molar-refractivity contribution in [3.05, 3.63) is 151 Å². The highest BCUT2D eigenvalue weighted by Crippen LogP contribution is 2.54. The fourth-order valence-corrected chi connectivity index (χ4v) is 8.84. The van der Waals surface area contributed by atoms with Gasteiger partial charge in [-0.2, -0.15) is 0 Å². The Kier molecular flexibility index (Phi) is 4.91. The van der Waals surface area contributed by atoms with Gasteiger partial charge in [0.1, 0.15) is 5.69 Å². The lowest BCUT2D eigenvalue weighted by Gasteiger charge is -2.22. The summed E-state index contributed by atoms with van der Waals surface area (Å²) in [6.45, 7) is 4.67. The number of hydrogen-bond acceptors (Lipinski definition) is 2. The molecule has 9 aromatic rings. The molecule has 0 spiro atoms. The maximum Gasteiger partial charge on any atom is 0.165 e. The van der Waals surface area contributed by atoms with Gasteiger partial charge in [0.2, 0.25) is 0 Å². The van der Waals surface area contributed by atoms with Gasteiger partial charge in [-0.15, -0.1) is 0 Å². The molecule has 11 rings (SSSR count). The highest BCUT2D eigenvalue weighted by Gasteiger charge is 2.37. The summed E-state index contributed by atoms with van der Waals surface area (Å²) in [5.41, 5.74) is 16.2. The normalized spacial score (nSPS) is 13.8. The molecule has 0 N–H and O–H groups in total. The van der Waals surface area contributed by atoms with Gasteiger partial charge in [0.15, 0.2) is 5.82 Å². The summed E-state index contributed by atoms with van der Waals surface area (Å²) in [5.74, 6) is 0.854. The Labute approximate surface area is 277 Å². The number of aromatic nitrogens is 3. The molecule has 2 aromatic heterocycles. The molecule has 0 amide bonds. The van der Waals surface area contributed by atoms with Crippen molar-refractivity contribution in [2.24, 2.45) is 0 Å². The molecule has 0 saturated heterocycles. The fourth-order valence-electron chi connectivity index (χ4n) is 8.84. The average Bonchev–Trinajstić information content (AvgIpc) is 3.55. The number of benzene rings is 7. The number of para-hydroxylation sites is 2. The highest BCUT2D eigenvalue weighted by molar-refractivity contribution is 6.30. The number of nitrogens with zero attached hydrogens (tertiary/aromatic N) is 3. The maximum atomic E-state index is 5.51. The molecule has 48 heavy (non-hydrogen) atoms. The largest absolute Gasteiger partial charge is 0.292 e. The van der Waals surface area contributed by atoms with Crippen molar-refractivity contribution in [3.8, 4) is 50.5 Å². The van der Waals surface area contributed by atoms with E-state index in [-0.39, 0.29) is 5.41 Å². The second-order valence-electron chi connectivity index (χ2n) is 13.7. The SMILES string of the molecule is CC1(C)c2ccccc2-c2c(-c3nc4ccccc4nc3-n3c4cccc5c4c4c6c(cccc6ccc43)-c3ccccc3-5)cccc21. The summed E-state index contributed by atoms with van der Waals surface area (Å²) in [7, 11) is 0. The monoisotopic (exact) mass is 611 g/mol. The minimum atomic E-state index is -0.117. The zero-order chi connectivity index (χ0) is 31.7. The first-order chi connectivity index (χ1) is 23.6. The Balaban J connectivity index is 1.33. The Morgan fingerprint density at radius 3 is 1.83 bits per heavy atom. The van der Waals surface area contributed by atoms with Crippen LogP contribution in [0.5, 0.6) is 0 Å². The van der Waals surface area contributed by atoms with E-state index in [0.717, 1.165) is 39.1 Å². The van der Waals surface area contributed by atoms with Crippen LogP contribution in [0.4, 0.5) is 0 Å². The van der Waals surface area contributed by atoms with E-state index in [1.165, 1.54) is 66.1 Å². The van der Waals surface area contributed by atoms with Crippen LogP contribution in [0.2, 0.25) is 0 Å². The van der Waals surface area contributed by atoms with Crippen molar-refractivity contribution in [1.29, 1.82) is 0 Å². The van der Waals surface area contributed by atoms with Crippen LogP contribution in [0.25, 0.3) is 94.1 Å². The first-order valence-corrected chi connectivity index (χ1v) is 16.7. The molecule has 0 fully saturated rings. The summed E-state index contributed by atoms with van der Waals surface area (Å²) in [6, 6.07) is 50.7. The molecular formula is C45H29N3. The van der Waals surface area contributed by atoms with E-state index < -0.39 is 0 Å². The molecule has 2 aliphatic carbocycles. The molecule has 0 atom stereocenters. The standard InChI is InChI=1S/C45H29N3/c1-45(2)33-19-6-5-15-31(33)40-32(18-10-20-34(40)45)43-44(47-36-22-8-7-21-35(36)46-43)48-37-23-11-17-30-28-14-4-3-13-27(28)29-16-9-12-26-24-25-38(48)42(39(26)29)41(30)37/h3-25H,1-2H3.